The van der Waals surface area contributed by atoms with Crippen molar-refractivity contribution in [3.63, 3.8) is 0 Å². The van der Waals surface area contributed by atoms with Gasteiger partial charge >= 0.3 is 0 Å². The van der Waals surface area contributed by atoms with Crippen molar-refractivity contribution in [1.82, 2.24) is 0 Å². The summed E-state index contributed by atoms with van der Waals surface area (Å²) < 4.78 is 11.0. The Labute approximate surface area is 139 Å². The molecule has 0 saturated carbocycles. The van der Waals surface area contributed by atoms with Crippen molar-refractivity contribution in [2.75, 3.05) is 12.4 Å². The van der Waals surface area contributed by atoms with Gasteiger partial charge in [-0.1, -0.05) is 0 Å². The van der Waals surface area contributed by atoms with Crippen LogP contribution in [-0.2, 0) is 0 Å². The molecule has 0 saturated heterocycles. The van der Waals surface area contributed by atoms with Crippen molar-refractivity contribution in [1.29, 1.82) is 5.26 Å². The zero-order valence-electron chi connectivity index (χ0n) is 13.6. The topological polar surface area (TPSA) is 97.4 Å². The number of hydrogen-bond donors (Lipinski definition) is 1. The molecule has 0 heterocycles. The lowest BCUT2D eigenvalue weighted by Gasteiger charge is -2.15. The number of hydrogen-bond acceptors (Lipinski definition) is 6. The summed E-state index contributed by atoms with van der Waals surface area (Å²) in [5.74, 6) is 1.16. The van der Waals surface area contributed by atoms with Crippen LogP contribution < -0.4 is 14.8 Å². The number of ether oxygens (including phenoxy) is 2. The summed E-state index contributed by atoms with van der Waals surface area (Å²) >= 11 is 0. The second-order valence-electron chi connectivity index (χ2n) is 5.26. The molecule has 0 radical (unpaired) electrons. The van der Waals surface area contributed by atoms with Crippen molar-refractivity contribution >= 4 is 17.1 Å². The van der Waals surface area contributed by atoms with Gasteiger partial charge in [-0.05, 0) is 32.0 Å². The molecule has 1 N–H and O–H groups in total. The van der Waals surface area contributed by atoms with Crippen molar-refractivity contribution in [3.8, 4) is 17.6 Å². The zero-order chi connectivity index (χ0) is 17.7. The highest BCUT2D eigenvalue weighted by Crippen LogP contribution is 2.33. The van der Waals surface area contributed by atoms with Gasteiger partial charge in [0.15, 0.2) is 11.5 Å². The van der Waals surface area contributed by atoms with Crippen molar-refractivity contribution in [2.24, 2.45) is 0 Å². The number of anilines is 2. The van der Waals surface area contributed by atoms with Gasteiger partial charge in [-0.2, -0.15) is 5.26 Å². The third-order valence-corrected chi connectivity index (χ3v) is 3.14. The van der Waals surface area contributed by atoms with E-state index < -0.39 is 4.92 Å². The molecule has 0 bridgehead atoms. The normalized spacial score (nSPS) is 10.1. The summed E-state index contributed by atoms with van der Waals surface area (Å²) in [6.07, 6.45) is 0.0116. The number of nitrogens with one attached hydrogen (secondary N) is 1. The highest BCUT2D eigenvalue weighted by molar-refractivity contribution is 5.70. The van der Waals surface area contributed by atoms with Crippen molar-refractivity contribution in [2.45, 2.75) is 20.0 Å². The van der Waals surface area contributed by atoms with Gasteiger partial charge in [0.05, 0.1) is 29.4 Å². The summed E-state index contributed by atoms with van der Waals surface area (Å²) in [6, 6.07) is 11.3. The van der Waals surface area contributed by atoms with E-state index in [1.165, 1.54) is 18.2 Å². The lowest BCUT2D eigenvalue weighted by Crippen LogP contribution is -2.06. The Morgan fingerprint density at radius 2 is 1.96 bits per heavy atom. The van der Waals surface area contributed by atoms with E-state index in [-0.39, 0.29) is 17.4 Å². The van der Waals surface area contributed by atoms with E-state index >= 15 is 0 Å². The van der Waals surface area contributed by atoms with E-state index in [9.17, 15) is 15.4 Å². The highest BCUT2D eigenvalue weighted by atomic mass is 16.6. The molecule has 7 heteroatoms. The fourth-order valence-electron chi connectivity index (χ4n) is 2.10. The van der Waals surface area contributed by atoms with Crippen molar-refractivity contribution in [3.05, 3.63) is 52.1 Å². The number of nitriles is 1. The summed E-state index contributed by atoms with van der Waals surface area (Å²) in [6.45, 7) is 3.84. The fraction of sp³-hybridized carbons (Fsp3) is 0.235. The minimum atomic E-state index is -0.536. The number of nitrogens with zero attached hydrogens (tertiary/aromatic N) is 2. The first kappa shape index (κ1) is 17.1. The van der Waals surface area contributed by atoms with Crippen molar-refractivity contribution < 1.29 is 14.4 Å². The number of nitro groups is 1. The fourth-order valence-corrected chi connectivity index (χ4v) is 2.10. The SMILES string of the molecule is COc1cc(Nc2ccc([N+](=O)[O-])cc2C#N)ccc1OC(C)C. The summed E-state index contributed by atoms with van der Waals surface area (Å²) in [5, 5.41) is 23.0. The Hall–Kier alpha value is -3.27. The van der Waals surface area contributed by atoms with Crippen LogP contribution in [0, 0.1) is 21.4 Å². The molecule has 0 aliphatic rings. The Kier molecular flexibility index (Phi) is 5.22. The molecule has 0 amide bonds. The summed E-state index contributed by atoms with van der Waals surface area (Å²) in [5.41, 5.74) is 1.21. The molecule has 0 aromatic heterocycles. The van der Waals surface area contributed by atoms with E-state index in [2.05, 4.69) is 5.32 Å². The number of rotatable bonds is 6. The standard InChI is InChI=1S/C17H17N3O4/c1-11(2)24-16-7-4-13(9-17(16)23-3)19-15-6-5-14(20(21)22)8-12(15)10-18/h4-9,11,19H,1-3H3. The third-order valence-electron chi connectivity index (χ3n) is 3.14. The van der Waals surface area contributed by atoms with Crippen LogP contribution in [0.3, 0.4) is 0 Å². The summed E-state index contributed by atoms with van der Waals surface area (Å²) in [7, 11) is 1.54. The van der Waals surface area contributed by atoms with Gasteiger partial charge in [-0.25, -0.2) is 0 Å². The highest BCUT2D eigenvalue weighted by Gasteiger charge is 2.12. The maximum atomic E-state index is 10.8. The van der Waals surface area contributed by atoms with Gasteiger partial charge in [0.2, 0.25) is 0 Å². The smallest absolute Gasteiger partial charge is 0.270 e. The molecule has 7 nitrogen and oxygen atoms in total. The molecule has 0 spiro atoms. The van der Waals surface area contributed by atoms with E-state index in [4.69, 9.17) is 9.47 Å². The van der Waals surface area contributed by atoms with Gasteiger partial charge in [0.1, 0.15) is 6.07 Å². The van der Waals surface area contributed by atoms with Gasteiger partial charge in [0.25, 0.3) is 5.69 Å². The largest absolute Gasteiger partial charge is 0.493 e. The Bertz CT molecular complexity index is 797. The first-order chi connectivity index (χ1) is 11.4. The van der Waals surface area contributed by atoms with Crippen LogP contribution in [0.4, 0.5) is 17.1 Å². The maximum Gasteiger partial charge on any atom is 0.270 e. The van der Waals surface area contributed by atoms with Crippen LogP contribution in [0.2, 0.25) is 0 Å². The second-order valence-corrected chi connectivity index (χ2v) is 5.26. The molecule has 0 atom stereocenters. The van der Waals surface area contributed by atoms with Crippen LogP contribution in [0.15, 0.2) is 36.4 Å². The minimum Gasteiger partial charge on any atom is -0.493 e. The molecule has 2 aromatic carbocycles. The monoisotopic (exact) mass is 327 g/mol. The maximum absolute atomic E-state index is 10.8. The van der Waals surface area contributed by atoms with E-state index in [0.717, 1.165) is 0 Å². The molecule has 2 rings (SSSR count). The Balaban J connectivity index is 2.31. The predicted octanol–water partition coefficient (Wildman–Crippen LogP) is 4.01. The van der Waals surface area contributed by atoms with Crippen LogP contribution in [-0.4, -0.2) is 18.1 Å². The number of methoxy groups -OCH3 is 1. The number of benzene rings is 2. The number of non-ortho nitro benzene ring substituents is 1. The van der Waals surface area contributed by atoms with E-state index in [1.807, 2.05) is 19.9 Å². The van der Waals surface area contributed by atoms with Gasteiger partial charge in [-0.3, -0.25) is 10.1 Å². The molecule has 124 valence electrons. The second kappa shape index (κ2) is 7.33. The quantitative estimate of drug-likeness (QED) is 0.636. The molecule has 2 aromatic rings. The Morgan fingerprint density at radius 1 is 1.21 bits per heavy atom. The molecule has 0 unspecified atom stereocenters. The number of nitro benzene ring substituents is 1. The average molecular weight is 327 g/mol. The van der Waals surface area contributed by atoms with Gasteiger partial charge < -0.3 is 14.8 Å². The molecule has 0 aliphatic carbocycles. The van der Waals surface area contributed by atoms with Crippen LogP contribution in [0.25, 0.3) is 0 Å². The Morgan fingerprint density at radius 3 is 2.54 bits per heavy atom. The molecule has 24 heavy (non-hydrogen) atoms. The van der Waals surface area contributed by atoms with E-state index in [0.29, 0.717) is 22.9 Å². The van der Waals surface area contributed by atoms with E-state index in [1.54, 1.807) is 25.3 Å². The van der Waals surface area contributed by atoms with Gasteiger partial charge in [0, 0.05) is 23.9 Å². The van der Waals surface area contributed by atoms with Crippen LogP contribution in [0.1, 0.15) is 19.4 Å². The molecular weight excluding hydrogens is 310 g/mol. The average Bonchev–Trinajstić information content (AvgIpc) is 2.55. The van der Waals surface area contributed by atoms with Crippen LogP contribution >= 0.6 is 0 Å². The predicted molar refractivity (Wildman–Crippen MR) is 89.9 cm³/mol. The summed E-state index contributed by atoms with van der Waals surface area (Å²) in [4.78, 5) is 10.3. The van der Waals surface area contributed by atoms with Crippen LogP contribution in [0.5, 0.6) is 11.5 Å². The molecule has 0 fully saturated rings. The molecule has 0 aliphatic heterocycles. The molecular formula is C17H17N3O4. The first-order valence-electron chi connectivity index (χ1n) is 7.25. The first-order valence-corrected chi connectivity index (χ1v) is 7.25. The van der Waals surface area contributed by atoms with Gasteiger partial charge in [-0.15, -0.1) is 0 Å². The lowest BCUT2D eigenvalue weighted by atomic mass is 10.1. The minimum absolute atomic E-state index is 0.0116. The zero-order valence-corrected chi connectivity index (χ0v) is 13.6. The third kappa shape index (κ3) is 3.93. The lowest BCUT2D eigenvalue weighted by molar-refractivity contribution is -0.384.